The van der Waals surface area contributed by atoms with E-state index in [2.05, 4.69) is 4.98 Å². The van der Waals surface area contributed by atoms with E-state index in [1.165, 1.54) is 6.08 Å². The van der Waals surface area contributed by atoms with E-state index >= 15 is 0 Å². The van der Waals surface area contributed by atoms with Crippen LogP contribution in [-0.2, 0) is 9.31 Å². The molecule has 0 amide bonds. The quantitative estimate of drug-likeness (QED) is 0.537. The Morgan fingerprint density at radius 3 is 2.39 bits per heavy atom. The zero-order valence-corrected chi connectivity index (χ0v) is 16.4. The highest BCUT2D eigenvalue weighted by molar-refractivity contribution is 6.54. The van der Waals surface area contributed by atoms with E-state index < -0.39 is 24.0 Å². The van der Waals surface area contributed by atoms with Crippen molar-refractivity contribution in [1.29, 1.82) is 0 Å². The van der Waals surface area contributed by atoms with Gasteiger partial charge < -0.3 is 19.4 Å². The van der Waals surface area contributed by atoms with E-state index in [0.717, 1.165) is 11.3 Å². The average molecular weight is 379 g/mol. The van der Waals surface area contributed by atoms with Crippen LogP contribution in [0.1, 0.15) is 33.3 Å². The van der Waals surface area contributed by atoms with Crippen LogP contribution in [0, 0.1) is 0 Å². The first-order valence-corrected chi connectivity index (χ1v) is 9.23. The van der Waals surface area contributed by atoms with Gasteiger partial charge in [0, 0.05) is 29.2 Å². The van der Waals surface area contributed by atoms with Crippen LogP contribution in [0.25, 0.3) is 23.0 Å². The Morgan fingerprint density at radius 1 is 1.11 bits per heavy atom. The van der Waals surface area contributed by atoms with Crippen molar-refractivity contribution in [2.45, 2.75) is 38.9 Å². The van der Waals surface area contributed by atoms with Gasteiger partial charge in [-0.1, -0.05) is 12.1 Å². The molecule has 1 aliphatic rings. The molecular formula is C21H23BFN3O2. The van der Waals surface area contributed by atoms with Crippen LogP contribution in [0.5, 0.6) is 0 Å². The molecule has 0 unspecified atom stereocenters. The minimum Gasteiger partial charge on any atom is -0.399 e. The Kier molecular flexibility index (Phi) is 4.32. The molecular weight excluding hydrogens is 356 g/mol. The number of anilines is 1. The summed E-state index contributed by atoms with van der Waals surface area (Å²) in [6.07, 6.45) is 5.22. The van der Waals surface area contributed by atoms with Crippen LogP contribution in [-0.4, -0.2) is 27.7 Å². The van der Waals surface area contributed by atoms with Crippen molar-refractivity contribution in [3.63, 3.8) is 0 Å². The molecule has 3 aromatic rings. The normalized spacial score (nSPS) is 18.8. The Morgan fingerprint density at radius 2 is 1.75 bits per heavy atom. The van der Waals surface area contributed by atoms with E-state index in [4.69, 9.17) is 15.0 Å². The number of fused-ring (bicyclic) bond motifs is 1. The van der Waals surface area contributed by atoms with Gasteiger partial charge in [-0.3, -0.25) is 0 Å². The predicted octanol–water partition coefficient (Wildman–Crippen LogP) is 4.53. The summed E-state index contributed by atoms with van der Waals surface area (Å²) in [6, 6.07) is 11.2. The molecule has 0 saturated carbocycles. The molecule has 2 aromatic heterocycles. The Hall–Kier alpha value is -2.64. The molecule has 1 aromatic carbocycles. The molecule has 0 bridgehead atoms. The highest BCUT2D eigenvalue weighted by Gasteiger charge is 2.53. The number of nitrogens with zero attached hydrogens (tertiary/aromatic N) is 2. The SMILES string of the molecule is CC1(C)OB(C(F)=Cc2cccn3cc(-c4ccc(N)cc4)nc23)OC1(C)C. The van der Waals surface area contributed by atoms with Crippen LogP contribution >= 0.6 is 0 Å². The number of pyridine rings is 1. The van der Waals surface area contributed by atoms with E-state index in [-0.39, 0.29) is 0 Å². The van der Waals surface area contributed by atoms with Gasteiger partial charge in [-0.05, 0) is 58.0 Å². The zero-order chi connectivity index (χ0) is 20.1. The number of rotatable bonds is 3. The van der Waals surface area contributed by atoms with Gasteiger partial charge in [0.1, 0.15) is 11.4 Å². The standard InChI is InChI=1S/C21H23BFN3O2/c1-20(2)21(3,4)28-22(27-20)18(23)12-15-6-5-11-26-13-17(25-19(15)26)14-7-9-16(24)10-8-14/h5-13H,24H2,1-4H3. The van der Waals surface area contributed by atoms with Crippen molar-refractivity contribution in [3.05, 3.63) is 60.1 Å². The molecule has 28 heavy (non-hydrogen) atoms. The fourth-order valence-electron chi connectivity index (χ4n) is 3.11. The average Bonchev–Trinajstić information content (AvgIpc) is 3.15. The first-order valence-electron chi connectivity index (χ1n) is 9.23. The van der Waals surface area contributed by atoms with Gasteiger partial charge in [-0.25, -0.2) is 9.37 Å². The van der Waals surface area contributed by atoms with Crippen LogP contribution in [0.3, 0.4) is 0 Å². The van der Waals surface area contributed by atoms with E-state index in [1.807, 2.05) is 80.9 Å². The summed E-state index contributed by atoms with van der Waals surface area (Å²) in [5, 5.41) is 0. The highest BCUT2D eigenvalue weighted by Crippen LogP contribution is 2.39. The van der Waals surface area contributed by atoms with Gasteiger partial charge in [0.2, 0.25) is 0 Å². The van der Waals surface area contributed by atoms with Gasteiger partial charge in [0.15, 0.2) is 0 Å². The van der Waals surface area contributed by atoms with Crippen LogP contribution in [0.15, 0.2) is 54.5 Å². The number of hydrogen-bond donors (Lipinski definition) is 1. The second-order valence-corrected chi connectivity index (χ2v) is 8.06. The van der Waals surface area contributed by atoms with Crippen molar-refractivity contribution in [2.75, 3.05) is 5.73 Å². The Balaban J connectivity index is 1.69. The minimum absolute atomic E-state index is 0.483. The van der Waals surface area contributed by atoms with Crippen molar-refractivity contribution in [3.8, 4) is 11.3 Å². The molecule has 0 aliphatic carbocycles. The third-order valence-electron chi connectivity index (χ3n) is 5.49. The summed E-state index contributed by atoms with van der Waals surface area (Å²) in [5.74, 6) is 0. The largest absolute Gasteiger partial charge is 0.525 e. The second kappa shape index (κ2) is 6.46. The first kappa shape index (κ1) is 18.7. The summed E-state index contributed by atoms with van der Waals surface area (Å²) < 4.78 is 28.4. The second-order valence-electron chi connectivity index (χ2n) is 8.06. The minimum atomic E-state index is -1.03. The summed E-state index contributed by atoms with van der Waals surface area (Å²) in [5.41, 5.74) is 7.82. The van der Waals surface area contributed by atoms with Gasteiger partial charge in [0.25, 0.3) is 0 Å². The lowest BCUT2D eigenvalue weighted by molar-refractivity contribution is 0.00578. The van der Waals surface area contributed by atoms with Crippen molar-refractivity contribution in [2.24, 2.45) is 0 Å². The van der Waals surface area contributed by atoms with E-state index in [1.54, 1.807) is 0 Å². The number of aromatic nitrogens is 2. The topological polar surface area (TPSA) is 61.8 Å². The molecule has 144 valence electrons. The molecule has 1 aliphatic heterocycles. The lowest BCUT2D eigenvalue weighted by atomic mass is 9.87. The summed E-state index contributed by atoms with van der Waals surface area (Å²) in [4.78, 5) is 4.68. The summed E-state index contributed by atoms with van der Waals surface area (Å²) in [6.45, 7) is 7.59. The molecule has 5 nitrogen and oxygen atoms in total. The van der Waals surface area contributed by atoms with Crippen LogP contribution in [0.2, 0.25) is 0 Å². The van der Waals surface area contributed by atoms with Crippen LogP contribution in [0.4, 0.5) is 10.1 Å². The number of benzene rings is 1. The lowest BCUT2D eigenvalue weighted by Crippen LogP contribution is -2.41. The maximum Gasteiger partial charge on any atom is 0.525 e. The molecule has 0 radical (unpaired) electrons. The zero-order valence-electron chi connectivity index (χ0n) is 16.4. The monoisotopic (exact) mass is 379 g/mol. The maximum absolute atomic E-state index is 14.9. The maximum atomic E-state index is 14.9. The van der Waals surface area contributed by atoms with E-state index in [0.29, 0.717) is 16.9 Å². The van der Waals surface area contributed by atoms with Gasteiger partial charge in [-0.15, -0.1) is 0 Å². The Labute approximate surface area is 164 Å². The van der Waals surface area contributed by atoms with Crippen molar-refractivity contribution < 1.29 is 13.7 Å². The lowest BCUT2D eigenvalue weighted by Gasteiger charge is -2.32. The number of hydrogen-bond acceptors (Lipinski definition) is 4. The predicted molar refractivity (Wildman–Crippen MR) is 110 cm³/mol. The number of nitrogen functional groups attached to an aromatic ring is 1. The molecule has 0 spiro atoms. The van der Waals surface area contributed by atoms with Crippen molar-refractivity contribution >= 4 is 24.5 Å². The fourth-order valence-corrected chi connectivity index (χ4v) is 3.11. The fraction of sp³-hybridized carbons (Fsp3) is 0.286. The molecule has 2 N–H and O–H groups in total. The van der Waals surface area contributed by atoms with Crippen LogP contribution < -0.4 is 5.73 Å². The number of imidazole rings is 1. The third-order valence-corrected chi connectivity index (χ3v) is 5.49. The summed E-state index contributed by atoms with van der Waals surface area (Å²) >= 11 is 0. The molecule has 0 atom stereocenters. The molecule has 1 fully saturated rings. The molecule has 1 saturated heterocycles. The van der Waals surface area contributed by atoms with Crippen molar-refractivity contribution in [1.82, 2.24) is 9.38 Å². The first-order chi connectivity index (χ1) is 13.2. The number of nitrogens with two attached hydrogens (primary N) is 1. The summed E-state index contributed by atoms with van der Waals surface area (Å²) in [7, 11) is -1.03. The smallest absolute Gasteiger partial charge is 0.399 e. The van der Waals surface area contributed by atoms with Gasteiger partial charge >= 0.3 is 7.12 Å². The third kappa shape index (κ3) is 3.21. The highest BCUT2D eigenvalue weighted by atomic mass is 19.1. The Bertz CT molecular complexity index is 1040. The molecule has 3 heterocycles. The van der Waals surface area contributed by atoms with E-state index in [9.17, 15) is 4.39 Å². The molecule has 7 heteroatoms. The van der Waals surface area contributed by atoms with Gasteiger partial charge in [-0.2, -0.15) is 0 Å². The van der Waals surface area contributed by atoms with Gasteiger partial charge in [0.05, 0.1) is 16.9 Å². The number of halogens is 1. The molecule has 4 rings (SSSR count).